The van der Waals surface area contributed by atoms with Crippen LogP contribution < -0.4 is 10.1 Å². The van der Waals surface area contributed by atoms with Gasteiger partial charge in [-0.1, -0.05) is 0 Å². The Labute approximate surface area is 102 Å². The zero-order chi connectivity index (χ0) is 12.3. The molecule has 4 nitrogen and oxygen atoms in total. The van der Waals surface area contributed by atoms with Crippen LogP contribution in [0.2, 0.25) is 0 Å². The SMILES string of the molecule is COc1cnc(C)cc1NCC1(OC)CCC1. The van der Waals surface area contributed by atoms with Gasteiger partial charge in [-0.2, -0.15) is 0 Å². The summed E-state index contributed by atoms with van der Waals surface area (Å²) in [6, 6.07) is 2.00. The van der Waals surface area contributed by atoms with Crippen molar-refractivity contribution in [2.24, 2.45) is 0 Å². The van der Waals surface area contributed by atoms with Gasteiger partial charge in [0, 0.05) is 19.3 Å². The third-order valence-electron chi connectivity index (χ3n) is 3.52. The number of nitrogens with zero attached hydrogens (tertiary/aromatic N) is 1. The van der Waals surface area contributed by atoms with Crippen LogP contribution in [-0.2, 0) is 4.74 Å². The molecule has 0 spiro atoms. The third kappa shape index (κ3) is 2.52. The van der Waals surface area contributed by atoms with E-state index >= 15 is 0 Å². The van der Waals surface area contributed by atoms with Crippen molar-refractivity contribution in [1.82, 2.24) is 4.98 Å². The molecule has 0 aliphatic heterocycles. The van der Waals surface area contributed by atoms with Crippen LogP contribution >= 0.6 is 0 Å². The van der Waals surface area contributed by atoms with E-state index in [1.807, 2.05) is 13.0 Å². The summed E-state index contributed by atoms with van der Waals surface area (Å²) in [4.78, 5) is 4.21. The van der Waals surface area contributed by atoms with E-state index in [1.165, 1.54) is 6.42 Å². The number of hydrogen-bond acceptors (Lipinski definition) is 4. The number of aromatic nitrogens is 1. The van der Waals surface area contributed by atoms with Crippen LogP contribution in [-0.4, -0.2) is 31.3 Å². The Balaban J connectivity index is 2.05. The summed E-state index contributed by atoms with van der Waals surface area (Å²) in [6.07, 6.45) is 5.26. The second kappa shape index (κ2) is 4.92. The first-order valence-corrected chi connectivity index (χ1v) is 5.99. The maximum Gasteiger partial charge on any atom is 0.160 e. The van der Waals surface area contributed by atoms with Gasteiger partial charge < -0.3 is 14.8 Å². The number of ether oxygens (including phenoxy) is 2. The molecule has 1 saturated carbocycles. The van der Waals surface area contributed by atoms with E-state index in [4.69, 9.17) is 9.47 Å². The molecule has 1 aliphatic carbocycles. The van der Waals surface area contributed by atoms with E-state index in [9.17, 15) is 0 Å². The Morgan fingerprint density at radius 3 is 2.71 bits per heavy atom. The molecule has 4 heteroatoms. The fourth-order valence-electron chi connectivity index (χ4n) is 2.13. The molecule has 94 valence electrons. The van der Waals surface area contributed by atoms with Crippen molar-refractivity contribution in [3.8, 4) is 5.75 Å². The largest absolute Gasteiger partial charge is 0.493 e. The average molecular weight is 236 g/mol. The van der Waals surface area contributed by atoms with Crippen LogP contribution in [0.15, 0.2) is 12.3 Å². The summed E-state index contributed by atoms with van der Waals surface area (Å²) in [5, 5.41) is 3.41. The van der Waals surface area contributed by atoms with Crippen LogP contribution in [0.5, 0.6) is 5.75 Å². The molecule has 0 radical (unpaired) electrons. The van der Waals surface area contributed by atoms with Gasteiger partial charge in [0.1, 0.15) is 0 Å². The lowest BCUT2D eigenvalue weighted by molar-refractivity contribution is -0.0601. The molecule has 0 atom stereocenters. The predicted molar refractivity (Wildman–Crippen MR) is 67.6 cm³/mol. The monoisotopic (exact) mass is 236 g/mol. The second-order valence-electron chi connectivity index (χ2n) is 4.62. The lowest BCUT2D eigenvalue weighted by atomic mass is 9.80. The Bertz CT molecular complexity index is 383. The van der Waals surface area contributed by atoms with Crippen LogP contribution in [0.3, 0.4) is 0 Å². The molecule has 1 aromatic heterocycles. The van der Waals surface area contributed by atoms with Gasteiger partial charge in [-0.15, -0.1) is 0 Å². The number of aryl methyl sites for hydroxylation is 1. The predicted octanol–water partition coefficient (Wildman–Crippen LogP) is 2.38. The summed E-state index contributed by atoms with van der Waals surface area (Å²) in [5.41, 5.74) is 1.99. The molecule has 0 amide bonds. The molecular weight excluding hydrogens is 216 g/mol. The van der Waals surface area contributed by atoms with Gasteiger partial charge in [-0.05, 0) is 32.3 Å². The Hall–Kier alpha value is -1.29. The van der Waals surface area contributed by atoms with Crippen molar-refractivity contribution in [2.75, 3.05) is 26.1 Å². The van der Waals surface area contributed by atoms with Gasteiger partial charge in [0.15, 0.2) is 5.75 Å². The van der Waals surface area contributed by atoms with E-state index in [0.717, 1.165) is 36.5 Å². The lowest BCUT2D eigenvalue weighted by Gasteiger charge is -2.40. The van der Waals surface area contributed by atoms with Gasteiger partial charge in [0.05, 0.1) is 24.6 Å². The topological polar surface area (TPSA) is 43.4 Å². The molecule has 0 bridgehead atoms. The van der Waals surface area contributed by atoms with Crippen LogP contribution in [0.1, 0.15) is 25.0 Å². The van der Waals surface area contributed by atoms with Crippen LogP contribution in [0.25, 0.3) is 0 Å². The molecule has 0 saturated heterocycles. The molecular formula is C13H20N2O2. The van der Waals surface area contributed by atoms with Gasteiger partial charge in [-0.3, -0.25) is 4.98 Å². The van der Waals surface area contributed by atoms with Crippen LogP contribution in [0, 0.1) is 6.92 Å². The average Bonchev–Trinajstić information content (AvgIpc) is 2.28. The lowest BCUT2D eigenvalue weighted by Crippen LogP contribution is -2.45. The maximum atomic E-state index is 5.58. The third-order valence-corrected chi connectivity index (χ3v) is 3.52. The zero-order valence-electron chi connectivity index (χ0n) is 10.7. The number of anilines is 1. The van der Waals surface area contributed by atoms with Crippen molar-refractivity contribution < 1.29 is 9.47 Å². The molecule has 17 heavy (non-hydrogen) atoms. The fourth-order valence-corrected chi connectivity index (χ4v) is 2.13. The summed E-state index contributed by atoms with van der Waals surface area (Å²) in [7, 11) is 3.45. The summed E-state index contributed by atoms with van der Waals surface area (Å²) < 4.78 is 10.9. The van der Waals surface area contributed by atoms with Crippen LogP contribution in [0.4, 0.5) is 5.69 Å². The highest BCUT2D eigenvalue weighted by molar-refractivity contribution is 5.56. The van der Waals surface area contributed by atoms with Crippen molar-refractivity contribution in [3.63, 3.8) is 0 Å². The number of nitrogens with one attached hydrogen (secondary N) is 1. The number of rotatable bonds is 5. The smallest absolute Gasteiger partial charge is 0.160 e. The molecule has 0 aromatic carbocycles. The van der Waals surface area contributed by atoms with E-state index in [0.29, 0.717) is 0 Å². The summed E-state index contributed by atoms with van der Waals surface area (Å²) in [6.45, 7) is 2.80. The molecule has 1 aliphatic rings. The minimum atomic E-state index is 0.0161. The maximum absolute atomic E-state index is 5.58. The molecule has 1 N–H and O–H groups in total. The Morgan fingerprint density at radius 1 is 1.41 bits per heavy atom. The fraction of sp³-hybridized carbons (Fsp3) is 0.615. The molecule has 0 unspecified atom stereocenters. The normalized spacial score (nSPS) is 17.4. The van der Waals surface area contributed by atoms with Gasteiger partial charge in [0.25, 0.3) is 0 Å². The standard InChI is InChI=1S/C13H20N2O2/c1-10-7-11(12(16-2)8-14-10)15-9-13(17-3)5-4-6-13/h7-8H,4-6,9H2,1-3H3,(H,14,15). The summed E-state index contributed by atoms with van der Waals surface area (Å²) >= 11 is 0. The van der Waals surface area contributed by atoms with E-state index in [2.05, 4.69) is 10.3 Å². The quantitative estimate of drug-likeness (QED) is 0.852. The number of methoxy groups -OCH3 is 2. The molecule has 1 heterocycles. The van der Waals surface area contributed by atoms with Crippen molar-refractivity contribution >= 4 is 5.69 Å². The van der Waals surface area contributed by atoms with Gasteiger partial charge in [-0.25, -0.2) is 0 Å². The second-order valence-corrected chi connectivity index (χ2v) is 4.62. The minimum Gasteiger partial charge on any atom is -0.493 e. The molecule has 2 rings (SSSR count). The molecule has 1 fully saturated rings. The summed E-state index contributed by atoms with van der Waals surface area (Å²) in [5.74, 6) is 0.779. The zero-order valence-corrected chi connectivity index (χ0v) is 10.7. The Morgan fingerprint density at radius 2 is 2.18 bits per heavy atom. The first-order valence-electron chi connectivity index (χ1n) is 5.99. The number of pyridine rings is 1. The van der Waals surface area contributed by atoms with Gasteiger partial charge >= 0.3 is 0 Å². The highest BCUT2D eigenvalue weighted by Gasteiger charge is 2.36. The highest BCUT2D eigenvalue weighted by atomic mass is 16.5. The van der Waals surface area contributed by atoms with E-state index in [-0.39, 0.29) is 5.60 Å². The minimum absolute atomic E-state index is 0.0161. The van der Waals surface area contributed by atoms with Gasteiger partial charge in [0.2, 0.25) is 0 Å². The molecule has 1 aromatic rings. The van der Waals surface area contributed by atoms with E-state index < -0.39 is 0 Å². The van der Waals surface area contributed by atoms with E-state index in [1.54, 1.807) is 20.4 Å². The van der Waals surface area contributed by atoms with Crippen molar-refractivity contribution in [2.45, 2.75) is 31.8 Å². The highest BCUT2D eigenvalue weighted by Crippen LogP contribution is 2.36. The number of hydrogen-bond donors (Lipinski definition) is 1. The Kier molecular flexibility index (Phi) is 3.52. The first-order chi connectivity index (χ1) is 8.19. The van der Waals surface area contributed by atoms with Crippen molar-refractivity contribution in [1.29, 1.82) is 0 Å². The van der Waals surface area contributed by atoms with Crippen molar-refractivity contribution in [3.05, 3.63) is 18.0 Å². The first kappa shape index (κ1) is 12.2.